The lowest BCUT2D eigenvalue weighted by Crippen LogP contribution is -2.43. The summed E-state index contributed by atoms with van der Waals surface area (Å²) in [7, 11) is 0. The van der Waals surface area contributed by atoms with Crippen molar-refractivity contribution in [2.24, 2.45) is 0 Å². The lowest BCUT2D eigenvalue weighted by molar-refractivity contribution is -0.139. The molecule has 142 valence electrons. The first-order valence-electron chi connectivity index (χ1n) is 8.50. The fraction of sp³-hybridized carbons (Fsp3) is 0.211. The monoisotopic (exact) mass is 370 g/mol. The topological polar surface area (TPSA) is 120 Å². The van der Waals surface area contributed by atoms with E-state index >= 15 is 0 Å². The average molecular weight is 370 g/mol. The molecule has 0 saturated heterocycles. The molecule has 0 saturated carbocycles. The van der Waals surface area contributed by atoms with Crippen LogP contribution in [0.3, 0.4) is 0 Å². The predicted octanol–water partition coefficient (Wildman–Crippen LogP) is 2.86. The van der Waals surface area contributed by atoms with Gasteiger partial charge in [0, 0.05) is 17.9 Å². The lowest BCUT2D eigenvalue weighted by atomic mass is 10.1. The van der Waals surface area contributed by atoms with Gasteiger partial charge in [0.05, 0.1) is 0 Å². The molecule has 1 atom stereocenters. The van der Waals surface area contributed by atoms with Crippen molar-refractivity contribution in [2.45, 2.75) is 18.9 Å². The van der Waals surface area contributed by atoms with Gasteiger partial charge in [-0.2, -0.15) is 0 Å². The number of aliphatic carboxylic acids is 1. The number of urea groups is 2. The summed E-state index contributed by atoms with van der Waals surface area (Å²) in [5, 5.41) is 19.5. The summed E-state index contributed by atoms with van der Waals surface area (Å²) in [5.41, 5.74) is 1.23. The Morgan fingerprint density at radius 3 is 1.85 bits per heavy atom. The van der Waals surface area contributed by atoms with Crippen LogP contribution in [0.4, 0.5) is 21.0 Å². The number of nitrogens with one attached hydrogen (secondary N) is 4. The fourth-order valence-corrected chi connectivity index (χ4v) is 2.31. The number of carbonyl (C=O) groups is 3. The van der Waals surface area contributed by atoms with Gasteiger partial charge in [0.15, 0.2) is 0 Å². The molecule has 8 nitrogen and oxygen atoms in total. The van der Waals surface area contributed by atoms with Gasteiger partial charge in [0.1, 0.15) is 6.04 Å². The number of anilines is 2. The van der Waals surface area contributed by atoms with Crippen LogP contribution in [0.2, 0.25) is 0 Å². The van der Waals surface area contributed by atoms with Crippen LogP contribution in [-0.4, -0.2) is 35.7 Å². The van der Waals surface area contributed by atoms with Crippen molar-refractivity contribution < 1.29 is 19.5 Å². The largest absolute Gasteiger partial charge is 0.480 e. The molecule has 0 aliphatic heterocycles. The standard InChI is InChI=1S/C19H22N4O4/c24-17(25)16(23-19(27)22-15-10-5-2-6-11-15)12-7-13-20-18(26)21-14-8-3-1-4-9-14/h1-6,8-11,16H,7,12-13H2,(H,24,25)(H2,20,21,26)(H2,22,23,27)/t16-/m0/s1. The van der Waals surface area contributed by atoms with Crippen LogP contribution in [0.25, 0.3) is 0 Å². The Balaban J connectivity index is 1.70. The minimum absolute atomic E-state index is 0.184. The van der Waals surface area contributed by atoms with E-state index in [1.165, 1.54) is 0 Å². The summed E-state index contributed by atoms with van der Waals surface area (Å²) >= 11 is 0. The van der Waals surface area contributed by atoms with Crippen LogP contribution in [-0.2, 0) is 4.79 Å². The summed E-state index contributed by atoms with van der Waals surface area (Å²) in [4.78, 5) is 35.0. The Labute approximate surface area is 157 Å². The summed E-state index contributed by atoms with van der Waals surface area (Å²) < 4.78 is 0. The average Bonchev–Trinajstić information content (AvgIpc) is 2.65. The second kappa shape index (κ2) is 10.4. The smallest absolute Gasteiger partial charge is 0.326 e. The van der Waals surface area contributed by atoms with E-state index in [1.54, 1.807) is 48.5 Å². The number of hydrogen-bond acceptors (Lipinski definition) is 3. The first-order chi connectivity index (χ1) is 13.0. The first kappa shape index (κ1) is 19.8. The molecular formula is C19H22N4O4. The molecule has 0 unspecified atom stereocenters. The van der Waals surface area contributed by atoms with E-state index in [9.17, 15) is 19.5 Å². The SMILES string of the molecule is O=C(NCCC[C@H](NC(=O)Nc1ccccc1)C(=O)O)Nc1ccccc1. The van der Waals surface area contributed by atoms with Crippen LogP contribution in [0.5, 0.6) is 0 Å². The Morgan fingerprint density at radius 2 is 1.33 bits per heavy atom. The fourth-order valence-electron chi connectivity index (χ4n) is 2.31. The van der Waals surface area contributed by atoms with Crippen molar-refractivity contribution >= 4 is 29.4 Å². The zero-order valence-electron chi connectivity index (χ0n) is 14.6. The van der Waals surface area contributed by atoms with E-state index in [1.807, 2.05) is 12.1 Å². The molecule has 4 amide bonds. The van der Waals surface area contributed by atoms with Gasteiger partial charge in [-0.3, -0.25) is 0 Å². The molecule has 0 radical (unpaired) electrons. The number of hydrogen-bond donors (Lipinski definition) is 5. The van der Waals surface area contributed by atoms with Gasteiger partial charge in [-0.15, -0.1) is 0 Å². The highest BCUT2D eigenvalue weighted by Gasteiger charge is 2.19. The maximum Gasteiger partial charge on any atom is 0.326 e. The summed E-state index contributed by atoms with van der Waals surface area (Å²) in [6.07, 6.45) is 0.577. The van der Waals surface area contributed by atoms with Gasteiger partial charge >= 0.3 is 18.0 Å². The quantitative estimate of drug-likeness (QED) is 0.459. The Kier molecular flexibility index (Phi) is 7.65. The van der Waals surface area contributed by atoms with E-state index in [0.717, 1.165) is 0 Å². The molecule has 0 aromatic heterocycles. The van der Waals surface area contributed by atoms with E-state index < -0.39 is 18.0 Å². The molecule has 2 aromatic carbocycles. The number of benzene rings is 2. The Bertz CT molecular complexity index is 753. The van der Waals surface area contributed by atoms with E-state index in [4.69, 9.17) is 0 Å². The molecule has 0 heterocycles. The second-order valence-corrected chi connectivity index (χ2v) is 5.74. The molecular weight excluding hydrogens is 348 g/mol. The third kappa shape index (κ3) is 7.47. The molecule has 8 heteroatoms. The van der Waals surface area contributed by atoms with Gasteiger partial charge in [0.25, 0.3) is 0 Å². The van der Waals surface area contributed by atoms with Crippen LogP contribution in [0, 0.1) is 0 Å². The van der Waals surface area contributed by atoms with Crippen molar-refractivity contribution in [3.8, 4) is 0 Å². The summed E-state index contributed by atoms with van der Waals surface area (Å²) in [6, 6.07) is 15.7. The van der Waals surface area contributed by atoms with Crippen molar-refractivity contribution in [1.82, 2.24) is 10.6 Å². The van der Waals surface area contributed by atoms with Crippen LogP contribution in [0.1, 0.15) is 12.8 Å². The number of amides is 4. The molecule has 27 heavy (non-hydrogen) atoms. The second-order valence-electron chi connectivity index (χ2n) is 5.74. The molecule has 0 fully saturated rings. The van der Waals surface area contributed by atoms with Gasteiger partial charge in [-0.25, -0.2) is 14.4 Å². The molecule has 2 aromatic rings. The van der Waals surface area contributed by atoms with Crippen molar-refractivity contribution in [2.75, 3.05) is 17.2 Å². The maximum atomic E-state index is 11.9. The van der Waals surface area contributed by atoms with Gasteiger partial charge in [-0.05, 0) is 37.1 Å². The van der Waals surface area contributed by atoms with Gasteiger partial charge < -0.3 is 26.4 Å². The normalized spacial score (nSPS) is 11.1. The number of carboxylic acid groups (broad SMARTS) is 1. The highest BCUT2D eigenvalue weighted by molar-refractivity contribution is 5.92. The van der Waals surface area contributed by atoms with Crippen molar-refractivity contribution in [1.29, 1.82) is 0 Å². The van der Waals surface area contributed by atoms with E-state index in [0.29, 0.717) is 17.8 Å². The highest BCUT2D eigenvalue weighted by atomic mass is 16.4. The minimum Gasteiger partial charge on any atom is -0.480 e. The Hall–Kier alpha value is -3.55. The number of carbonyl (C=O) groups excluding carboxylic acids is 2. The molecule has 5 N–H and O–H groups in total. The highest BCUT2D eigenvalue weighted by Crippen LogP contribution is 2.06. The zero-order valence-corrected chi connectivity index (χ0v) is 14.6. The first-order valence-corrected chi connectivity index (χ1v) is 8.50. The van der Waals surface area contributed by atoms with Crippen LogP contribution in [0.15, 0.2) is 60.7 Å². The van der Waals surface area contributed by atoms with E-state index in [2.05, 4.69) is 21.3 Å². The van der Waals surface area contributed by atoms with E-state index in [-0.39, 0.29) is 19.0 Å². The van der Waals surface area contributed by atoms with Gasteiger partial charge in [0.2, 0.25) is 0 Å². The van der Waals surface area contributed by atoms with Crippen molar-refractivity contribution in [3.05, 3.63) is 60.7 Å². The molecule has 2 rings (SSSR count). The zero-order chi connectivity index (χ0) is 19.5. The molecule has 0 spiro atoms. The molecule has 0 aliphatic rings. The van der Waals surface area contributed by atoms with Crippen LogP contribution < -0.4 is 21.3 Å². The molecule has 0 bridgehead atoms. The number of para-hydroxylation sites is 2. The predicted molar refractivity (Wildman–Crippen MR) is 103 cm³/mol. The summed E-state index contributed by atoms with van der Waals surface area (Å²) in [6.45, 7) is 0.282. The Morgan fingerprint density at radius 1 is 0.815 bits per heavy atom. The third-order valence-corrected chi connectivity index (χ3v) is 3.62. The maximum absolute atomic E-state index is 11.9. The van der Waals surface area contributed by atoms with Crippen molar-refractivity contribution in [3.63, 3.8) is 0 Å². The minimum atomic E-state index is -1.13. The molecule has 0 aliphatic carbocycles. The number of carboxylic acids is 1. The summed E-state index contributed by atoms with van der Waals surface area (Å²) in [5.74, 6) is -1.13. The number of rotatable bonds is 8. The lowest BCUT2D eigenvalue weighted by Gasteiger charge is -2.15. The third-order valence-electron chi connectivity index (χ3n) is 3.62. The van der Waals surface area contributed by atoms with Crippen LogP contribution >= 0.6 is 0 Å². The van der Waals surface area contributed by atoms with Gasteiger partial charge in [-0.1, -0.05) is 36.4 Å².